The fourth-order valence-corrected chi connectivity index (χ4v) is 8.85. The zero-order valence-corrected chi connectivity index (χ0v) is 38.2. The number of aryl methyl sites for hydroxylation is 4. The molecule has 2 N–H and O–H groups in total. The standard InChI is InChI=1S/C52H69N5O4/c1-9-11-13-15-42-38(7)46-31-44-34(3)36(5)51(55-44)50(40-17-19-41(20-18-40)57-21-23-58-25-27-60-29-30-61-28-26-59-24-22-57)52-37(6)35(4)45(56-52)32-47-39(8)43(16-14-12-10-2)49(54-47)33-48(42)53-46/h17-20,31-33,53,55H,9-16,21-30H2,1-8H3. The minimum absolute atomic E-state index is 0.562. The second-order valence-corrected chi connectivity index (χ2v) is 17.0. The van der Waals surface area contributed by atoms with E-state index in [2.05, 4.69) is 113 Å². The lowest BCUT2D eigenvalue weighted by Crippen LogP contribution is -2.31. The van der Waals surface area contributed by atoms with Crippen molar-refractivity contribution in [1.82, 2.24) is 19.9 Å². The Hall–Kier alpha value is -4.54. The Morgan fingerprint density at radius 3 is 1.77 bits per heavy atom. The summed E-state index contributed by atoms with van der Waals surface area (Å²) >= 11 is 0. The molecule has 326 valence electrons. The highest BCUT2D eigenvalue weighted by Crippen LogP contribution is 2.41. The van der Waals surface area contributed by atoms with Crippen LogP contribution in [0.15, 0.2) is 42.5 Å². The number of H-pyrrole nitrogens is 2. The molecule has 3 aliphatic rings. The molecule has 0 saturated carbocycles. The zero-order valence-electron chi connectivity index (χ0n) is 38.2. The predicted octanol–water partition coefficient (Wildman–Crippen LogP) is 12.0. The van der Waals surface area contributed by atoms with Crippen LogP contribution in [0.25, 0.3) is 55.5 Å². The van der Waals surface area contributed by atoms with Gasteiger partial charge in [-0.25, -0.2) is 9.97 Å². The lowest BCUT2D eigenvalue weighted by Gasteiger charge is -2.25. The van der Waals surface area contributed by atoms with E-state index in [4.69, 9.17) is 28.9 Å². The van der Waals surface area contributed by atoms with Crippen molar-refractivity contribution in [3.8, 4) is 11.1 Å². The van der Waals surface area contributed by atoms with E-state index in [1.54, 1.807) is 0 Å². The molecule has 0 aliphatic carbocycles. The minimum Gasteiger partial charge on any atom is -0.377 e. The highest BCUT2D eigenvalue weighted by atomic mass is 16.6. The van der Waals surface area contributed by atoms with Gasteiger partial charge < -0.3 is 33.8 Å². The normalized spacial score (nSPS) is 16.3. The van der Waals surface area contributed by atoms with E-state index >= 15 is 0 Å². The molecule has 0 spiro atoms. The van der Waals surface area contributed by atoms with Crippen LogP contribution in [0.4, 0.5) is 5.69 Å². The van der Waals surface area contributed by atoms with Gasteiger partial charge in [0, 0.05) is 40.9 Å². The Labute approximate surface area is 364 Å². The highest BCUT2D eigenvalue weighted by molar-refractivity contribution is 6.01. The summed E-state index contributed by atoms with van der Waals surface area (Å²) in [6.45, 7) is 24.1. The molecule has 6 heterocycles. The fourth-order valence-electron chi connectivity index (χ4n) is 8.85. The van der Waals surface area contributed by atoms with E-state index in [0.717, 1.165) is 88.5 Å². The molecule has 1 aromatic carbocycles. The maximum absolute atomic E-state index is 5.97. The SMILES string of the molecule is CCCCCC1=C(C)c2cc3nc(c(-c4ccc(N5CCOCCOCCOCCOCC5)cc4)c4[nH]c(cc5[nH]c(cc1n2)c(CCCCC)c5C)c(C)c4C)C(C)=C3C. The maximum Gasteiger partial charge on any atom is 0.0768 e. The largest absolute Gasteiger partial charge is 0.377 e. The van der Waals surface area contributed by atoms with Crippen LogP contribution in [0.1, 0.15) is 125 Å². The van der Waals surface area contributed by atoms with Gasteiger partial charge in [0.05, 0.1) is 81.1 Å². The Bertz CT molecular complexity index is 2370. The van der Waals surface area contributed by atoms with Crippen LogP contribution in [0.3, 0.4) is 0 Å². The summed E-state index contributed by atoms with van der Waals surface area (Å²) in [4.78, 5) is 21.1. The molecular weight excluding hydrogens is 759 g/mol. The number of anilines is 1. The quantitative estimate of drug-likeness (QED) is 0.154. The van der Waals surface area contributed by atoms with Gasteiger partial charge in [0.2, 0.25) is 0 Å². The van der Waals surface area contributed by atoms with Gasteiger partial charge in [-0.15, -0.1) is 0 Å². The number of hydrogen-bond acceptors (Lipinski definition) is 7. The third-order valence-electron chi connectivity index (χ3n) is 13.0. The van der Waals surface area contributed by atoms with Crippen molar-refractivity contribution in [2.45, 2.75) is 107 Å². The Kier molecular flexibility index (Phi) is 15.3. The summed E-state index contributed by atoms with van der Waals surface area (Å²) in [5.41, 5.74) is 22.1. The van der Waals surface area contributed by atoms with Gasteiger partial charge in [0.15, 0.2) is 0 Å². The monoisotopic (exact) mass is 828 g/mol. The van der Waals surface area contributed by atoms with Crippen molar-refractivity contribution >= 4 is 50.0 Å². The summed E-state index contributed by atoms with van der Waals surface area (Å²) in [7, 11) is 0. The first-order valence-corrected chi connectivity index (χ1v) is 23.0. The van der Waals surface area contributed by atoms with Crippen molar-refractivity contribution in [1.29, 1.82) is 0 Å². The van der Waals surface area contributed by atoms with Crippen LogP contribution >= 0.6 is 0 Å². The molecule has 0 unspecified atom stereocenters. The van der Waals surface area contributed by atoms with Crippen LogP contribution in [0, 0.1) is 20.8 Å². The van der Waals surface area contributed by atoms with Gasteiger partial charge >= 0.3 is 0 Å². The molecule has 9 nitrogen and oxygen atoms in total. The van der Waals surface area contributed by atoms with Gasteiger partial charge in [0.25, 0.3) is 0 Å². The molecule has 3 aromatic heterocycles. The van der Waals surface area contributed by atoms with E-state index in [1.165, 1.54) is 82.2 Å². The first kappa shape index (κ1) is 44.5. The van der Waals surface area contributed by atoms with Gasteiger partial charge in [-0.3, -0.25) is 0 Å². The summed E-state index contributed by atoms with van der Waals surface area (Å²) < 4.78 is 23.2. The summed E-state index contributed by atoms with van der Waals surface area (Å²) in [6.07, 6.45) is 9.20. The molecule has 8 bridgehead atoms. The van der Waals surface area contributed by atoms with E-state index in [0.29, 0.717) is 52.9 Å². The Morgan fingerprint density at radius 2 is 1.13 bits per heavy atom. The molecule has 7 rings (SSSR count). The topological polar surface area (TPSA) is 97.5 Å². The third kappa shape index (κ3) is 10.2. The average Bonchev–Trinajstić information content (AvgIpc) is 3.90. The van der Waals surface area contributed by atoms with Gasteiger partial charge in [0.1, 0.15) is 0 Å². The van der Waals surface area contributed by atoms with Crippen molar-refractivity contribution in [3.63, 3.8) is 0 Å². The second-order valence-electron chi connectivity index (χ2n) is 17.0. The van der Waals surface area contributed by atoms with Crippen LogP contribution in [-0.2, 0) is 25.4 Å². The summed E-state index contributed by atoms with van der Waals surface area (Å²) in [5, 5.41) is 0. The van der Waals surface area contributed by atoms with Gasteiger partial charge in [-0.1, -0.05) is 51.7 Å². The average molecular weight is 828 g/mol. The highest BCUT2D eigenvalue weighted by Gasteiger charge is 2.24. The maximum atomic E-state index is 5.97. The number of ether oxygens (including phenoxy) is 4. The number of aromatic nitrogens is 4. The Balaban J connectivity index is 1.41. The first-order chi connectivity index (χ1) is 29.7. The van der Waals surface area contributed by atoms with Crippen LogP contribution in [0.2, 0.25) is 0 Å². The molecule has 1 fully saturated rings. The van der Waals surface area contributed by atoms with Crippen molar-refractivity contribution in [2.75, 3.05) is 70.8 Å². The number of fused-ring (bicyclic) bond motifs is 8. The first-order valence-electron chi connectivity index (χ1n) is 23.0. The number of unbranched alkanes of at least 4 members (excludes halogenated alkanes) is 4. The number of allylic oxidation sites excluding steroid dienone is 4. The molecule has 61 heavy (non-hydrogen) atoms. The van der Waals surface area contributed by atoms with E-state index in [9.17, 15) is 0 Å². The fraction of sp³-hybridized carbons (Fsp3) is 0.500. The van der Waals surface area contributed by atoms with Crippen molar-refractivity contribution in [3.05, 3.63) is 87.5 Å². The molecule has 9 heteroatoms. The molecule has 3 aliphatic heterocycles. The minimum atomic E-state index is 0.562. The van der Waals surface area contributed by atoms with Gasteiger partial charge in [-0.2, -0.15) is 0 Å². The lowest BCUT2D eigenvalue weighted by molar-refractivity contribution is 0.00206. The number of nitrogens with zero attached hydrogens (tertiary/aromatic N) is 3. The molecule has 4 aromatic rings. The predicted molar refractivity (Wildman–Crippen MR) is 254 cm³/mol. The summed E-state index contributed by atoms with van der Waals surface area (Å²) in [5.74, 6) is 0. The van der Waals surface area contributed by atoms with Crippen molar-refractivity contribution < 1.29 is 18.9 Å². The van der Waals surface area contributed by atoms with E-state index in [-0.39, 0.29) is 0 Å². The molecular formula is C52H69N5O4. The van der Waals surface area contributed by atoms with E-state index in [1.807, 2.05) is 0 Å². The summed E-state index contributed by atoms with van der Waals surface area (Å²) in [6, 6.07) is 15.9. The molecule has 0 radical (unpaired) electrons. The number of hydrogen-bond donors (Lipinski definition) is 2. The number of nitrogens with one attached hydrogen (secondary N) is 2. The third-order valence-corrected chi connectivity index (χ3v) is 13.0. The Morgan fingerprint density at radius 1 is 0.541 bits per heavy atom. The van der Waals surface area contributed by atoms with E-state index < -0.39 is 0 Å². The van der Waals surface area contributed by atoms with Gasteiger partial charge in [-0.05, 0) is 148 Å². The van der Waals surface area contributed by atoms with Crippen LogP contribution in [-0.4, -0.2) is 85.9 Å². The second kappa shape index (κ2) is 21.0. The van der Waals surface area contributed by atoms with Crippen LogP contribution in [0.5, 0.6) is 0 Å². The molecule has 0 amide bonds. The number of benzene rings is 1. The smallest absolute Gasteiger partial charge is 0.0768 e. The van der Waals surface area contributed by atoms with Crippen molar-refractivity contribution in [2.24, 2.45) is 0 Å². The number of aromatic amines is 2. The van der Waals surface area contributed by atoms with Crippen LogP contribution < -0.4 is 4.90 Å². The lowest BCUT2D eigenvalue weighted by atomic mass is 9.96. The molecule has 0 atom stereocenters. The molecule has 1 saturated heterocycles. The number of rotatable bonds is 10. The zero-order chi connectivity index (χ0) is 42.9.